The molecule has 2 aromatic heterocycles. The normalized spacial score (nSPS) is 19.7. The Morgan fingerprint density at radius 2 is 2.32 bits per heavy atom. The average Bonchev–Trinajstić information content (AvgIpc) is 3.22. The Kier molecular flexibility index (Phi) is 5.55. The molecule has 25 heavy (non-hydrogen) atoms. The number of nitrogens with one attached hydrogen (secondary N) is 1. The van der Waals surface area contributed by atoms with Gasteiger partial charge in [-0.25, -0.2) is 0 Å². The number of morpholine rings is 1. The quantitative estimate of drug-likeness (QED) is 0.858. The fourth-order valence-corrected chi connectivity index (χ4v) is 3.16. The Hall–Kier alpha value is -2.12. The third-order valence-electron chi connectivity index (χ3n) is 4.59. The third-order valence-corrected chi connectivity index (χ3v) is 4.59. The summed E-state index contributed by atoms with van der Waals surface area (Å²) >= 11 is 0. The van der Waals surface area contributed by atoms with Gasteiger partial charge in [-0.05, 0) is 39.0 Å². The Morgan fingerprint density at radius 3 is 3.00 bits per heavy atom. The lowest BCUT2D eigenvalue weighted by atomic mass is 10.2. The van der Waals surface area contributed by atoms with Crippen LogP contribution in [0.25, 0.3) is 0 Å². The number of carbonyl (C=O) groups is 1. The van der Waals surface area contributed by atoms with Gasteiger partial charge in [0.1, 0.15) is 5.76 Å². The van der Waals surface area contributed by atoms with Crippen molar-refractivity contribution in [2.24, 2.45) is 0 Å². The summed E-state index contributed by atoms with van der Waals surface area (Å²) in [5.74, 6) is 0.757. The maximum Gasteiger partial charge on any atom is 0.237 e. The SMILES string of the molecule is Cc1cc(C)n(CC2CN(C(C)C(=O)NCc3ccco3)CCO2)n1. The highest BCUT2D eigenvalue weighted by Gasteiger charge is 2.28. The number of rotatable bonds is 6. The van der Waals surface area contributed by atoms with Crippen LogP contribution in [0.4, 0.5) is 0 Å². The molecule has 1 fully saturated rings. The third kappa shape index (κ3) is 4.49. The minimum Gasteiger partial charge on any atom is -0.467 e. The van der Waals surface area contributed by atoms with Gasteiger partial charge in [0.2, 0.25) is 5.91 Å². The Morgan fingerprint density at radius 1 is 1.48 bits per heavy atom. The van der Waals surface area contributed by atoms with E-state index in [1.807, 2.05) is 37.6 Å². The largest absolute Gasteiger partial charge is 0.467 e. The Balaban J connectivity index is 1.53. The zero-order chi connectivity index (χ0) is 17.8. The number of furan rings is 1. The number of ether oxygens (including phenoxy) is 1. The maximum atomic E-state index is 12.4. The highest BCUT2D eigenvalue weighted by Crippen LogP contribution is 2.13. The number of aryl methyl sites for hydroxylation is 2. The molecule has 1 amide bonds. The van der Waals surface area contributed by atoms with Crippen molar-refractivity contribution in [2.45, 2.75) is 46.0 Å². The van der Waals surface area contributed by atoms with E-state index in [-0.39, 0.29) is 18.1 Å². The van der Waals surface area contributed by atoms with E-state index in [2.05, 4.69) is 21.4 Å². The van der Waals surface area contributed by atoms with Crippen LogP contribution in [0.15, 0.2) is 28.9 Å². The summed E-state index contributed by atoms with van der Waals surface area (Å²) in [7, 11) is 0. The fraction of sp³-hybridized carbons (Fsp3) is 0.556. The van der Waals surface area contributed by atoms with Crippen molar-refractivity contribution in [3.05, 3.63) is 41.6 Å². The Bertz CT molecular complexity index is 695. The van der Waals surface area contributed by atoms with E-state index in [1.54, 1.807) is 6.26 Å². The molecule has 2 atom stereocenters. The first-order valence-corrected chi connectivity index (χ1v) is 8.69. The molecule has 0 saturated carbocycles. The van der Waals surface area contributed by atoms with Crippen molar-refractivity contribution < 1.29 is 13.9 Å². The standard InChI is InChI=1S/C18H26N4O3/c1-13-9-14(2)22(20-13)12-17-11-21(6-8-25-17)15(3)18(23)19-10-16-5-4-7-24-16/h4-5,7,9,15,17H,6,8,10-12H2,1-3H3,(H,19,23). The van der Waals surface area contributed by atoms with E-state index in [9.17, 15) is 4.79 Å². The predicted molar refractivity (Wildman–Crippen MR) is 93.0 cm³/mol. The second-order valence-electron chi connectivity index (χ2n) is 6.57. The van der Waals surface area contributed by atoms with Crippen LogP contribution in [0, 0.1) is 13.8 Å². The van der Waals surface area contributed by atoms with Gasteiger partial charge in [-0.1, -0.05) is 0 Å². The summed E-state index contributed by atoms with van der Waals surface area (Å²) in [6, 6.07) is 5.52. The van der Waals surface area contributed by atoms with Crippen molar-refractivity contribution in [3.8, 4) is 0 Å². The molecule has 0 aromatic carbocycles. The minimum atomic E-state index is -0.207. The summed E-state index contributed by atoms with van der Waals surface area (Å²) in [6.45, 7) is 9.18. The molecule has 1 aliphatic heterocycles. The molecule has 7 nitrogen and oxygen atoms in total. The molecule has 1 aliphatic rings. The number of hydrogen-bond acceptors (Lipinski definition) is 5. The maximum absolute atomic E-state index is 12.4. The van der Waals surface area contributed by atoms with Gasteiger partial charge in [0, 0.05) is 18.8 Å². The topological polar surface area (TPSA) is 72.5 Å². The zero-order valence-corrected chi connectivity index (χ0v) is 15.1. The molecule has 136 valence electrons. The van der Waals surface area contributed by atoms with Gasteiger partial charge in [-0.3, -0.25) is 14.4 Å². The van der Waals surface area contributed by atoms with Crippen LogP contribution >= 0.6 is 0 Å². The molecule has 0 radical (unpaired) electrons. The molecule has 0 spiro atoms. The first kappa shape index (κ1) is 17.7. The zero-order valence-electron chi connectivity index (χ0n) is 15.1. The number of aromatic nitrogens is 2. The van der Waals surface area contributed by atoms with E-state index >= 15 is 0 Å². The van der Waals surface area contributed by atoms with Gasteiger partial charge >= 0.3 is 0 Å². The van der Waals surface area contributed by atoms with E-state index in [4.69, 9.17) is 9.15 Å². The van der Waals surface area contributed by atoms with Gasteiger partial charge in [0.05, 0.1) is 43.8 Å². The average molecular weight is 346 g/mol. The summed E-state index contributed by atoms with van der Waals surface area (Å²) < 4.78 is 13.1. The first-order chi connectivity index (χ1) is 12.0. The molecule has 1 saturated heterocycles. The summed E-state index contributed by atoms with van der Waals surface area (Å²) in [5, 5.41) is 7.42. The molecule has 0 bridgehead atoms. The van der Waals surface area contributed by atoms with Crippen LogP contribution in [0.5, 0.6) is 0 Å². The molecule has 3 rings (SSSR count). The van der Waals surface area contributed by atoms with Crippen molar-refractivity contribution in [1.82, 2.24) is 20.0 Å². The minimum absolute atomic E-state index is 0.00293. The molecule has 3 heterocycles. The van der Waals surface area contributed by atoms with Crippen molar-refractivity contribution in [2.75, 3.05) is 19.7 Å². The van der Waals surface area contributed by atoms with E-state index in [0.29, 0.717) is 26.2 Å². The van der Waals surface area contributed by atoms with Gasteiger partial charge in [0.15, 0.2) is 0 Å². The molecule has 2 unspecified atom stereocenters. The summed E-state index contributed by atoms with van der Waals surface area (Å²) in [5.41, 5.74) is 2.14. The van der Waals surface area contributed by atoms with Gasteiger partial charge in [-0.15, -0.1) is 0 Å². The van der Waals surface area contributed by atoms with Crippen molar-refractivity contribution >= 4 is 5.91 Å². The lowest BCUT2D eigenvalue weighted by Crippen LogP contribution is -2.53. The second kappa shape index (κ2) is 7.84. The van der Waals surface area contributed by atoms with Crippen molar-refractivity contribution in [3.63, 3.8) is 0 Å². The van der Waals surface area contributed by atoms with Crippen LogP contribution in [-0.4, -0.2) is 52.4 Å². The number of nitrogens with zero attached hydrogens (tertiary/aromatic N) is 3. The first-order valence-electron chi connectivity index (χ1n) is 8.69. The number of amides is 1. The lowest BCUT2D eigenvalue weighted by Gasteiger charge is -2.36. The van der Waals surface area contributed by atoms with Crippen LogP contribution in [0.2, 0.25) is 0 Å². The second-order valence-corrected chi connectivity index (χ2v) is 6.57. The molecule has 2 aromatic rings. The number of carbonyl (C=O) groups excluding carboxylic acids is 1. The Labute approximate surface area is 147 Å². The smallest absolute Gasteiger partial charge is 0.237 e. The molecular weight excluding hydrogens is 320 g/mol. The van der Waals surface area contributed by atoms with Crippen molar-refractivity contribution in [1.29, 1.82) is 0 Å². The number of hydrogen-bond donors (Lipinski definition) is 1. The highest BCUT2D eigenvalue weighted by molar-refractivity contribution is 5.81. The van der Waals surface area contributed by atoms with Crippen LogP contribution in [0.1, 0.15) is 24.1 Å². The molecule has 0 aliphatic carbocycles. The van der Waals surface area contributed by atoms with Gasteiger partial charge in [-0.2, -0.15) is 5.10 Å². The highest BCUT2D eigenvalue weighted by atomic mass is 16.5. The fourth-order valence-electron chi connectivity index (χ4n) is 3.16. The van der Waals surface area contributed by atoms with Crippen LogP contribution in [0.3, 0.4) is 0 Å². The molecule has 7 heteroatoms. The summed E-state index contributed by atoms with van der Waals surface area (Å²) in [6.07, 6.45) is 1.64. The van der Waals surface area contributed by atoms with E-state index in [1.165, 1.54) is 0 Å². The lowest BCUT2D eigenvalue weighted by molar-refractivity contribution is -0.129. The van der Waals surface area contributed by atoms with Gasteiger partial charge in [0.25, 0.3) is 0 Å². The van der Waals surface area contributed by atoms with E-state index in [0.717, 1.165) is 23.7 Å². The predicted octanol–water partition coefficient (Wildman–Crippen LogP) is 1.50. The molecular formula is C18H26N4O3. The summed E-state index contributed by atoms with van der Waals surface area (Å²) in [4.78, 5) is 14.6. The molecule has 1 N–H and O–H groups in total. The monoisotopic (exact) mass is 346 g/mol. The van der Waals surface area contributed by atoms with Crippen LogP contribution in [-0.2, 0) is 22.6 Å². The van der Waals surface area contributed by atoms with Gasteiger partial charge < -0.3 is 14.5 Å². The van der Waals surface area contributed by atoms with Crippen LogP contribution < -0.4 is 5.32 Å². The van der Waals surface area contributed by atoms with E-state index < -0.39 is 0 Å².